The third-order valence-corrected chi connectivity index (χ3v) is 3.27. The molecule has 0 aliphatic rings. The first-order chi connectivity index (χ1) is 10.9. The molecular weight excluding hydrogens is 318 g/mol. The lowest BCUT2D eigenvalue weighted by molar-refractivity contribution is -0.365. The third kappa shape index (κ3) is 4.23. The first-order valence-electron chi connectivity index (χ1n) is 6.83. The Hall–Kier alpha value is -2.54. The van der Waals surface area contributed by atoms with Gasteiger partial charge in [-0.3, -0.25) is 5.32 Å². The predicted octanol–water partition coefficient (Wildman–Crippen LogP) is 0.903. The molecule has 0 aliphatic heterocycles. The Balaban J connectivity index is 2.32. The number of nitrogens with one attached hydrogen (secondary N) is 2. The first-order valence-corrected chi connectivity index (χ1v) is 7.21. The Morgan fingerprint density at radius 1 is 1.09 bits per heavy atom. The number of aryl methyl sites for hydroxylation is 2. The van der Waals surface area contributed by atoms with Crippen LogP contribution in [0.1, 0.15) is 11.4 Å². The molecule has 0 fully saturated rings. The zero-order valence-electron chi connectivity index (χ0n) is 13.4. The zero-order valence-corrected chi connectivity index (χ0v) is 14.2. The molecule has 122 valence electrons. The van der Waals surface area contributed by atoms with Gasteiger partial charge in [-0.2, -0.15) is 0 Å². The molecule has 1 heterocycles. The molecule has 2 aromatic rings. The number of aromatic nitrogens is 2. The van der Waals surface area contributed by atoms with E-state index in [1.165, 1.54) is 7.11 Å². The van der Waals surface area contributed by atoms with E-state index in [9.17, 15) is 0 Å². The van der Waals surface area contributed by atoms with Crippen molar-refractivity contribution < 1.29 is 14.5 Å². The van der Waals surface area contributed by atoms with Crippen molar-refractivity contribution in [2.45, 2.75) is 13.8 Å². The average molecular weight is 337 g/mol. The number of nitrogens with zero attached hydrogens (tertiary/aromatic N) is 2. The Morgan fingerprint density at radius 3 is 2.26 bits per heavy atom. The van der Waals surface area contributed by atoms with Crippen molar-refractivity contribution in [2.75, 3.05) is 19.5 Å². The minimum Gasteiger partial charge on any atom is -0.495 e. The van der Waals surface area contributed by atoms with Gasteiger partial charge in [0.05, 0.1) is 30.6 Å². The lowest BCUT2D eigenvalue weighted by atomic mass is 10.2. The Labute approximate surface area is 139 Å². The largest absolute Gasteiger partial charge is 0.495 e. The van der Waals surface area contributed by atoms with E-state index in [4.69, 9.17) is 26.8 Å². The second-order valence-electron chi connectivity index (χ2n) is 4.83. The molecule has 0 aliphatic carbocycles. The minimum absolute atomic E-state index is 0.248. The van der Waals surface area contributed by atoms with Crippen molar-refractivity contribution in [3.8, 4) is 11.5 Å². The van der Waals surface area contributed by atoms with Crippen LogP contribution in [-0.4, -0.2) is 30.1 Å². The number of guanidine groups is 1. The highest BCUT2D eigenvalue weighted by Crippen LogP contribution is 2.35. The normalized spacial score (nSPS) is 11.3. The van der Waals surface area contributed by atoms with Crippen LogP contribution in [0.2, 0.25) is 5.02 Å². The highest BCUT2D eigenvalue weighted by molar-refractivity contribution is 6.32. The molecule has 7 nitrogen and oxygen atoms in total. The van der Waals surface area contributed by atoms with Gasteiger partial charge in [-0.1, -0.05) is 11.6 Å². The minimum atomic E-state index is 0.248. The van der Waals surface area contributed by atoms with Gasteiger partial charge in [-0.15, -0.1) is 9.97 Å². The molecule has 1 aromatic carbocycles. The number of methoxy groups -OCH3 is 2. The molecule has 0 amide bonds. The summed E-state index contributed by atoms with van der Waals surface area (Å²) in [6, 6.07) is 5.21. The fraction of sp³-hybridized carbons (Fsp3) is 0.267. The van der Waals surface area contributed by atoms with Gasteiger partial charge in [0.1, 0.15) is 11.4 Å². The van der Waals surface area contributed by atoms with Crippen LogP contribution in [0.3, 0.4) is 0 Å². The van der Waals surface area contributed by atoms with Crippen molar-refractivity contribution >= 4 is 29.2 Å². The molecule has 0 radical (unpaired) electrons. The molecule has 0 saturated heterocycles. The van der Waals surface area contributed by atoms with Crippen molar-refractivity contribution in [3.05, 3.63) is 34.6 Å². The van der Waals surface area contributed by atoms with E-state index in [1.54, 1.807) is 19.2 Å². The number of nitrogens with two attached hydrogens (primary N) is 1. The number of anilines is 1. The number of rotatable bonds is 4. The molecule has 2 rings (SSSR count). The van der Waals surface area contributed by atoms with E-state index in [0.29, 0.717) is 28.2 Å². The smallest absolute Gasteiger partial charge is 0.354 e. The van der Waals surface area contributed by atoms with Gasteiger partial charge in [0.2, 0.25) is 0 Å². The fourth-order valence-corrected chi connectivity index (χ4v) is 2.27. The Kier molecular flexibility index (Phi) is 5.23. The summed E-state index contributed by atoms with van der Waals surface area (Å²) in [6.45, 7) is 3.77. The van der Waals surface area contributed by atoms with Gasteiger partial charge in [-0.25, -0.2) is 4.99 Å². The van der Waals surface area contributed by atoms with Crippen LogP contribution < -0.4 is 25.5 Å². The molecule has 23 heavy (non-hydrogen) atoms. The standard InChI is InChI=1S/C15H18ClN5O2/c1-8-5-9(2)19-15(18-8)21-14(17)20-11-7-12(22-3)10(16)6-13(11)23-4/h5-7H,1-4H3,(H3,17,18,19,20,21)/p+1. The van der Waals surface area contributed by atoms with Crippen LogP contribution in [0.25, 0.3) is 0 Å². The summed E-state index contributed by atoms with van der Waals surface area (Å²) in [5.41, 5.74) is 8.27. The summed E-state index contributed by atoms with van der Waals surface area (Å²) in [6.07, 6.45) is 0. The molecule has 0 saturated carbocycles. The summed E-state index contributed by atoms with van der Waals surface area (Å²) in [7, 11) is 3.08. The van der Waals surface area contributed by atoms with Crippen LogP contribution in [0, 0.1) is 13.8 Å². The predicted molar refractivity (Wildman–Crippen MR) is 89.5 cm³/mol. The Morgan fingerprint density at radius 2 is 1.70 bits per heavy atom. The van der Waals surface area contributed by atoms with Crippen molar-refractivity contribution in [2.24, 2.45) is 5.73 Å². The molecule has 1 aromatic heterocycles. The molecule has 8 heteroatoms. The fourth-order valence-electron chi connectivity index (χ4n) is 2.04. The zero-order chi connectivity index (χ0) is 17.0. The van der Waals surface area contributed by atoms with Crippen molar-refractivity contribution in [3.63, 3.8) is 0 Å². The number of hydrogen-bond donors (Lipinski definition) is 3. The molecular formula is C15H19ClN5O2+. The number of hydrogen-bond acceptors (Lipinski definition) is 4. The number of ether oxygens (including phenoxy) is 2. The van der Waals surface area contributed by atoms with Crippen LogP contribution in [0.15, 0.2) is 18.2 Å². The second-order valence-corrected chi connectivity index (χ2v) is 5.23. The SMILES string of the molecule is COc1cc(NC(N)=[NH+]c2nc(C)cc(C)n2)c(OC)cc1Cl. The summed E-state index contributed by atoms with van der Waals surface area (Å²) >= 11 is 6.07. The van der Waals surface area contributed by atoms with Crippen LogP contribution in [0.5, 0.6) is 11.5 Å². The van der Waals surface area contributed by atoms with Crippen LogP contribution in [0.4, 0.5) is 11.6 Å². The lowest BCUT2D eigenvalue weighted by Gasteiger charge is -2.11. The molecule has 4 N–H and O–H groups in total. The first kappa shape index (κ1) is 16.8. The number of benzene rings is 1. The quantitative estimate of drug-likeness (QED) is 0.567. The average Bonchev–Trinajstić information content (AvgIpc) is 2.47. The van der Waals surface area contributed by atoms with Crippen molar-refractivity contribution in [1.82, 2.24) is 9.97 Å². The maximum atomic E-state index is 6.07. The highest BCUT2D eigenvalue weighted by atomic mass is 35.5. The van der Waals surface area contributed by atoms with Gasteiger partial charge in [0, 0.05) is 18.2 Å². The number of halogens is 1. The summed E-state index contributed by atoms with van der Waals surface area (Å²) in [5.74, 6) is 1.69. The van der Waals surface area contributed by atoms with E-state index >= 15 is 0 Å². The summed E-state index contributed by atoms with van der Waals surface area (Å²) in [5, 5.41) is 3.43. The van der Waals surface area contributed by atoms with Gasteiger partial charge < -0.3 is 15.2 Å². The van der Waals surface area contributed by atoms with Gasteiger partial charge in [0.25, 0.3) is 5.96 Å². The van der Waals surface area contributed by atoms with Crippen molar-refractivity contribution in [1.29, 1.82) is 0 Å². The maximum absolute atomic E-state index is 6.07. The van der Waals surface area contributed by atoms with E-state index in [0.717, 1.165) is 11.4 Å². The van der Waals surface area contributed by atoms with E-state index in [1.807, 2.05) is 19.9 Å². The van der Waals surface area contributed by atoms with E-state index < -0.39 is 0 Å². The van der Waals surface area contributed by atoms with Gasteiger partial charge in [0.15, 0.2) is 5.75 Å². The monoisotopic (exact) mass is 336 g/mol. The topological polar surface area (TPSA) is 96.3 Å². The summed E-state index contributed by atoms with van der Waals surface area (Å²) < 4.78 is 10.5. The summed E-state index contributed by atoms with van der Waals surface area (Å²) in [4.78, 5) is 11.4. The lowest BCUT2D eigenvalue weighted by Crippen LogP contribution is -2.72. The molecule has 0 spiro atoms. The maximum Gasteiger partial charge on any atom is 0.354 e. The van der Waals surface area contributed by atoms with Crippen LogP contribution >= 0.6 is 11.6 Å². The second kappa shape index (κ2) is 7.15. The molecule has 0 atom stereocenters. The third-order valence-electron chi connectivity index (χ3n) is 2.97. The van der Waals surface area contributed by atoms with Crippen LogP contribution in [-0.2, 0) is 0 Å². The van der Waals surface area contributed by atoms with E-state index in [2.05, 4.69) is 20.3 Å². The van der Waals surface area contributed by atoms with Gasteiger partial charge in [-0.05, 0) is 13.8 Å². The van der Waals surface area contributed by atoms with Gasteiger partial charge >= 0.3 is 5.95 Å². The highest BCUT2D eigenvalue weighted by Gasteiger charge is 2.13. The molecule has 0 bridgehead atoms. The Bertz CT molecular complexity index is 729. The van der Waals surface area contributed by atoms with E-state index in [-0.39, 0.29) is 5.96 Å². The molecule has 0 unspecified atom stereocenters.